The minimum atomic E-state index is -0.250. The number of ether oxygens (including phenoxy) is 1. The van der Waals surface area contributed by atoms with E-state index in [4.69, 9.17) is 14.6 Å². The van der Waals surface area contributed by atoms with Gasteiger partial charge in [0.05, 0.1) is 6.54 Å². The van der Waals surface area contributed by atoms with Crippen LogP contribution < -0.4 is 15.0 Å². The second-order valence-electron chi connectivity index (χ2n) is 11.5. The number of hydrogen-bond donors (Lipinski definition) is 2. The number of nitrogens with zero attached hydrogens (tertiary/aromatic N) is 3. The molecule has 1 fully saturated rings. The molecule has 0 saturated carbocycles. The standard InChI is InChI=1S/C34H42N4O3.CH2O2/c1-25-11-14-32-30(22-25)24-36(3)18-15-28(27-8-5-4-6-9-27)10-7-17-37(20-21-41-32)33(39)29-13-12-26(2)31(23-29)38-19-16-35-34(38)40;2-1-3/h4-6,8-9,11-14,22-23,28H,7,10,15-21,24H2,1-3H3,(H,35,40);1H,(H,2,3). The number of benzene rings is 3. The smallest absolute Gasteiger partial charge is 0.322 e. The number of carboxylic acid groups (broad SMARTS) is 1. The van der Waals surface area contributed by atoms with Crippen molar-refractivity contribution < 1.29 is 24.2 Å². The zero-order valence-corrected chi connectivity index (χ0v) is 26.0. The molecule has 5 rings (SSSR count). The van der Waals surface area contributed by atoms with Crippen LogP contribution in [0.4, 0.5) is 10.5 Å². The molecule has 3 amide bonds. The number of urea groups is 1. The van der Waals surface area contributed by atoms with Crippen LogP contribution in [0.25, 0.3) is 0 Å². The lowest BCUT2D eigenvalue weighted by Gasteiger charge is -2.28. The van der Waals surface area contributed by atoms with E-state index in [1.165, 1.54) is 16.7 Å². The third-order valence-electron chi connectivity index (χ3n) is 8.28. The third kappa shape index (κ3) is 8.60. The topological polar surface area (TPSA) is 102 Å². The first-order valence-corrected chi connectivity index (χ1v) is 15.3. The van der Waals surface area contributed by atoms with Crippen molar-refractivity contribution in [3.05, 3.63) is 94.5 Å². The van der Waals surface area contributed by atoms with Crippen molar-refractivity contribution in [2.75, 3.05) is 51.3 Å². The maximum Gasteiger partial charge on any atom is 0.322 e. The third-order valence-corrected chi connectivity index (χ3v) is 8.28. The van der Waals surface area contributed by atoms with Gasteiger partial charge in [0, 0.05) is 43.0 Å². The lowest BCUT2D eigenvalue weighted by molar-refractivity contribution is -0.122. The lowest BCUT2D eigenvalue weighted by atomic mass is 9.90. The number of hydrogen-bond acceptors (Lipinski definition) is 5. The van der Waals surface area contributed by atoms with Gasteiger partial charge < -0.3 is 25.0 Å². The second kappa shape index (κ2) is 15.9. The Bertz CT molecular complexity index is 1410. The van der Waals surface area contributed by atoms with Crippen LogP contribution in [0.2, 0.25) is 0 Å². The number of nitrogens with one attached hydrogen (secondary N) is 1. The summed E-state index contributed by atoms with van der Waals surface area (Å²) in [6.45, 7) is 8.40. The molecule has 0 aliphatic carbocycles. The van der Waals surface area contributed by atoms with Crippen LogP contribution in [0.3, 0.4) is 0 Å². The molecule has 234 valence electrons. The molecule has 3 aromatic rings. The summed E-state index contributed by atoms with van der Waals surface area (Å²) in [5.41, 5.74) is 6.11. The lowest BCUT2D eigenvalue weighted by Crippen LogP contribution is -2.36. The number of amides is 3. The maximum absolute atomic E-state index is 13.9. The van der Waals surface area contributed by atoms with Crippen molar-refractivity contribution in [3.8, 4) is 5.75 Å². The molecule has 44 heavy (non-hydrogen) atoms. The zero-order chi connectivity index (χ0) is 31.5. The van der Waals surface area contributed by atoms with Crippen molar-refractivity contribution in [1.29, 1.82) is 0 Å². The first kappa shape index (κ1) is 32.5. The molecule has 0 bridgehead atoms. The second-order valence-corrected chi connectivity index (χ2v) is 11.5. The van der Waals surface area contributed by atoms with E-state index in [0.717, 1.165) is 49.4 Å². The largest absolute Gasteiger partial charge is 0.491 e. The van der Waals surface area contributed by atoms with Gasteiger partial charge in [-0.15, -0.1) is 0 Å². The van der Waals surface area contributed by atoms with Crippen LogP contribution in [0.1, 0.15) is 57.8 Å². The normalized spacial score (nSPS) is 18.2. The Morgan fingerprint density at radius 2 is 1.75 bits per heavy atom. The van der Waals surface area contributed by atoms with Gasteiger partial charge in [0.2, 0.25) is 0 Å². The van der Waals surface area contributed by atoms with Gasteiger partial charge in [-0.25, -0.2) is 4.79 Å². The zero-order valence-electron chi connectivity index (χ0n) is 26.0. The minimum Gasteiger partial charge on any atom is -0.491 e. The van der Waals surface area contributed by atoms with Gasteiger partial charge in [0.15, 0.2) is 0 Å². The summed E-state index contributed by atoms with van der Waals surface area (Å²) < 4.78 is 6.30. The quantitative estimate of drug-likeness (QED) is 0.388. The first-order valence-electron chi connectivity index (χ1n) is 15.3. The van der Waals surface area contributed by atoms with E-state index in [9.17, 15) is 9.59 Å². The number of rotatable bonds is 3. The molecule has 2 N–H and O–H groups in total. The fraction of sp³-hybridized carbons (Fsp3) is 0.400. The molecule has 1 saturated heterocycles. The predicted octanol–water partition coefficient (Wildman–Crippen LogP) is 5.45. The summed E-state index contributed by atoms with van der Waals surface area (Å²) in [6, 6.07) is 22.7. The van der Waals surface area contributed by atoms with Gasteiger partial charge in [-0.3, -0.25) is 14.5 Å². The predicted molar refractivity (Wildman–Crippen MR) is 173 cm³/mol. The van der Waals surface area contributed by atoms with E-state index in [-0.39, 0.29) is 18.4 Å². The van der Waals surface area contributed by atoms with Gasteiger partial charge in [0.25, 0.3) is 12.4 Å². The summed E-state index contributed by atoms with van der Waals surface area (Å²) in [7, 11) is 2.18. The summed E-state index contributed by atoms with van der Waals surface area (Å²) in [5.74, 6) is 1.28. The van der Waals surface area contributed by atoms with E-state index < -0.39 is 0 Å². The summed E-state index contributed by atoms with van der Waals surface area (Å²) in [6.07, 6.45) is 2.96. The SMILES string of the molecule is Cc1ccc2c(c1)CN(C)CCC(c1ccccc1)CCCN(C(=O)c1ccc(C)c(N3CCNC3=O)c1)CCO2.O=CO. The molecule has 2 heterocycles. The van der Waals surface area contributed by atoms with Crippen LogP contribution in [0.5, 0.6) is 5.75 Å². The highest BCUT2D eigenvalue weighted by atomic mass is 16.5. The number of aryl methyl sites for hydroxylation is 2. The molecule has 9 heteroatoms. The molecule has 1 unspecified atom stereocenters. The van der Waals surface area contributed by atoms with Gasteiger partial charge in [-0.2, -0.15) is 0 Å². The Kier molecular flexibility index (Phi) is 11.8. The fourth-order valence-electron chi connectivity index (χ4n) is 5.95. The van der Waals surface area contributed by atoms with Crippen molar-refractivity contribution in [2.24, 2.45) is 0 Å². The van der Waals surface area contributed by atoms with E-state index in [1.54, 1.807) is 4.90 Å². The van der Waals surface area contributed by atoms with Crippen LogP contribution in [-0.4, -0.2) is 79.7 Å². The highest BCUT2D eigenvalue weighted by Crippen LogP contribution is 2.28. The molecular weight excluding hydrogens is 556 g/mol. The molecule has 2 aliphatic rings. The van der Waals surface area contributed by atoms with Crippen molar-refractivity contribution in [2.45, 2.75) is 45.6 Å². The van der Waals surface area contributed by atoms with E-state index >= 15 is 0 Å². The number of fused-ring (bicyclic) bond motifs is 1. The minimum absolute atomic E-state index is 0.0262. The Morgan fingerprint density at radius 1 is 0.977 bits per heavy atom. The molecule has 0 aromatic heterocycles. The van der Waals surface area contributed by atoms with Crippen LogP contribution in [-0.2, 0) is 11.3 Å². The molecule has 9 nitrogen and oxygen atoms in total. The average molecular weight is 601 g/mol. The van der Waals surface area contributed by atoms with Crippen molar-refractivity contribution in [3.63, 3.8) is 0 Å². The molecule has 1 atom stereocenters. The van der Waals surface area contributed by atoms with Gasteiger partial charge in [-0.1, -0.05) is 54.1 Å². The van der Waals surface area contributed by atoms with Crippen molar-refractivity contribution >= 4 is 24.1 Å². The fourth-order valence-corrected chi connectivity index (χ4v) is 5.95. The van der Waals surface area contributed by atoms with E-state index in [2.05, 4.69) is 72.7 Å². The average Bonchev–Trinajstić information content (AvgIpc) is 3.44. The Morgan fingerprint density at radius 3 is 2.48 bits per heavy atom. The Labute approximate surface area is 260 Å². The van der Waals surface area contributed by atoms with Gasteiger partial charge in [0.1, 0.15) is 12.4 Å². The maximum atomic E-state index is 13.9. The molecule has 0 spiro atoms. The summed E-state index contributed by atoms with van der Waals surface area (Å²) >= 11 is 0. The monoisotopic (exact) mass is 600 g/mol. The summed E-state index contributed by atoms with van der Waals surface area (Å²) in [5, 5.41) is 9.75. The van der Waals surface area contributed by atoms with Gasteiger partial charge >= 0.3 is 6.03 Å². The Balaban J connectivity index is 0.00000141. The van der Waals surface area contributed by atoms with Crippen molar-refractivity contribution in [1.82, 2.24) is 15.1 Å². The molecule has 2 aliphatic heterocycles. The van der Waals surface area contributed by atoms with Crippen LogP contribution >= 0.6 is 0 Å². The molecular formula is C35H44N4O5. The van der Waals surface area contributed by atoms with E-state index in [0.29, 0.717) is 44.3 Å². The summed E-state index contributed by atoms with van der Waals surface area (Å²) in [4.78, 5) is 40.7. The van der Waals surface area contributed by atoms with Crippen LogP contribution in [0, 0.1) is 13.8 Å². The van der Waals surface area contributed by atoms with E-state index in [1.807, 2.05) is 30.0 Å². The first-order chi connectivity index (χ1) is 21.3. The number of anilines is 1. The highest BCUT2D eigenvalue weighted by molar-refractivity contribution is 5.99. The molecule has 3 aromatic carbocycles. The highest BCUT2D eigenvalue weighted by Gasteiger charge is 2.25. The number of carbonyl (C=O) groups excluding carboxylic acids is 2. The van der Waals surface area contributed by atoms with Gasteiger partial charge in [-0.05, 0) is 81.9 Å². The van der Waals surface area contributed by atoms with Crippen LogP contribution in [0.15, 0.2) is 66.7 Å². The number of carbonyl (C=O) groups is 3. The molecule has 0 radical (unpaired) electrons. The Hall–Kier alpha value is -4.37.